The normalized spacial score (nSPS) is 13.8. The molecule has 0 aliphatic heterocycles. The van der Waals surface area contributed by atoms with Crippen LogP contribution in [0.3, 0.4) is 0 Å². The summed E-state index contributed by atoms with van der Waals surface area (Å²) in [7, 11) is 0. The Morgan fingerprint density at radius 1 is 0.255 bits per heavy atom. The van der Waals surface area contributed by atoms with Gasteiger partial charge in [-0.05, 0) is 156 Å². The molecule has 0 radical (unpaired) electrons. The molecule has 0 amide bonds. The molecule has 13 rings (SSSR count). The van der Waals surface area contributed by atoms with E-state index in [9.17, 15) is 0 Å². The summed E-state index contributed by atoms with van der Waals surface area (Å²) in [6.45, 7) is 4.86. The molecule has 254 valence electrons. The van der Waals surface area contributed by atoms with E-state index in [1.54, 1.807) is 0 Å². The zero-order chi connectivity index (χ0) is 36.2. The predicted octanol–water partition coefficient (Wildman–Crippen LogP) is 15.2. The molecule has 0 saturated carbocycles. The minimum absolute atomic E-state index is 0.137. The van der Waals surface area contributed by atoms with E-state index < -0.39 is 0 Å². The molecule has 0 spiro atoms. The van der Waals surface area contributed by atoms with Crippen molar-refractivity contribution in [1.29, 1.82) is 0 Å². The van der Waals surface area contributed by atoms with Crippen LogP contribution in [0.4, 0.5) is 0 Å². The van der Waals surface area contributed by atoms with Crippen LogP contribution in [0.25, 0.3) is 121 Å². The zero-order valence-corrected chi connectivity index (χ0v) is 30.7. The second-order valence-corrected chi connectivity index (χ2v) is 16.3. The first-order valence-electron chi connectivity index (χ1n) is 19.5. The molecule has 55 heavy (non-hydrogen) atoms. The van der Waals surface area contributed by atoms with Gasteiger partial charge in [0.15, 0.2) is 0 Å². The van der Waals surface area contributed by atoms with E-state index in [0.717, 1.165) is 0 Å². The Balaban J connectivity index is 0.994. The first-order chi connectivity index (χ1) is 27.0. The van der Waals surface area contributed by atoms with E-state index in [1.807, 2.05) is 0 Å². The van der Waals surface area contributed by atoms with E-state index in [0.29, 0.717) is 0 Å². The van der Waals surface area contributed by atoms with E-state index in [-0.39, 0.29) is 5.41 Å². The van der Waals surface area contributed by atoms with Crippen LogP contribution < -0.4 is 0 Å². The van der Waals surface area contributed by atoms with Crippen LogP contribution in [-0.2, 0) is 5.41 Å². The summed E-state index contributed by atoms with van der Waals surface area (Å²) in [5.74, 6) is 0. The molecule has 10 aromatic rings. The maximum absolute atomic E-state index is 2.53. The lowest BCUT2D eigenvalue weighted by Crippen LogP contribution is -2.15. The number of hydrogen-bond donors (Lipinski definition) is 0. The van der Waals surface area contributed by atoms with Gasteiger partial charge >= 0.3 is 0 Å². The smallest absolute Gasteiger partial charge is 0.0159 e. The van der Waals surface area contributed by atoms with Crippen LogP contribution in [0, 0.1) is 0 Å². The lowest BCUT2D eigenvalue weighted by atomic mass is 9.80. The Bertz CT molecular complexity index is 3150. The highest BCUT2D eigenvalue weighted by Crippen LogP contribution is 2.59. The fraction of sp³-hybridized carbons (Fsp3) is 0.0545. The molecular formula is C55H34. The van der Waals surface area contributed by atoms with Gasteiger partial charge in [0.05, 0.1) is 0 Å². The molecule has 0 atom stereocenters. The molecular weight excluding hydrogens is 661 g/mol. The lowest BCUT2D eigenvalue weighted by molar-refractivity contribution is 0.661. The van der Waals surface area contributed by atoms with E-state index in [4.69, 9.17) is 0 Å². The zero-order valence-electron chi connectivity index (χ0n) is 30.7. The third-order valence-electron chi connectivity index (χ3n) is 13.4. The average Bonchev–Trinajstić information content (AvgIpc) is 3.80. The van der Waals surface area contributed by atoms with Crippen LogP contribution in [-0.4, -0.2) is 0 Å². The second-order valence-electron chi connectivity index (χ2n) is 16.3. The van der Waals surface area contributed by atoms with Crippen molar-refractivity contribution in [1.82, 2.24) is 0 Å². The molecule has 10 aromatic carbocycles. The minimum atomic E-state index is -0.137. The maximum Gasteiger partial charge on any atom is 0.0159 e. The van der Waals surface area contributed by atoms with Gasteiger partial charge < -0.3 is 0 Å². The minimum Gasteiger partial charge on any atom is -0.0616 e. The molecule has 0 aromatic heterocycles. The summed E-state index contributed by atoms with van der Waals surface area (Å²) in [5, 5.41) is 10.6. The van der Waals surface area contributed by atoms with Crippen LogP contribution in [0.15, 0.2) is 170 Å². The number of benzene rings is 10. The third kappa shape index (κ3) is 3.72. The van der Waals surface area contributed by atoms with Crippen molar-refractivity contribution < 1.29 is 0 Å². The molecule has 0 saturated heterocycles. The van der Waals surface area contributed by atoms with Crippen LogP contribution in [0.1, 0.15) is 25.0 Å². The Morgan fingerprint density at radius 2 is 0.582 bits per heavy atom. The molecule has 3 aliphatic carbocycles. The number of hydrogen-bond acceptors (Lipinski definition) is 0. The fourth-order valence-corrected chi connectivity index (χ4v) is 10.8. The SMILES string of the molecule is CC1(C)c2cc3c(cc2-c2cc4c(cc21)-c1ccc(-c2cccc5ccccc25)c2cccc-4c12)-c1cccc2c(-c4cccc5ccccc45)ccc-3c12. The fourth-order valence-electron chi connectivity index (χ4n) is 10.8. The van der Waals surface area contributed by atoms with E-state index in [1.165, 1.54) is 132 Å². The Hall–Kier alpha value is -6.76. The highest BCUT2D eigenvalue weighted by atomic mass is 14.4. The molecule has 0 heteroatoms. The molecule has 0 unspecified atom stereocenters. The molecule has 0 heterocycles. The second kappa shape index (κ2) is 10.3. The highest BCUT2D eigenvalue weighted by Gasteiger charge is 2.40. The summed E-state index contributed by atoms with van der Waals surface area (Å²) >= 11 is 0. The summed E-state index contributed by atoms with van der Waals surface area (Å²) in [5.41, 5.74) is 21.5. The van der Waals surface area contributed by atoms with Gasteiger partial charge in [-0.2, -0.15) is 0 Å². The predicted molar refractivity (Wildman–Crippen MR) is 234 cm³/mol. The summed E-state index contributed by atoms with van der Waals surface area (Å²) in [4.78, 5) is 0. The van der Waals surface area contributed by atoms with Crippen molar-refractivity contribution in [3.05, 3.63) is 181 Å². The third-order valence-corrected chi connectivity index (χ3v) is 13.4. The van der Waals surface area contributed by atoms with Gasteiger partial charge in [0.1, 0.15) is 0 Å². The van der Waals surface area contributed by atoms with Crippen molar-refractivity contribution in [3.63, 3.8) is 0 Å². The van der Waals surface area contributed by atoms with Crippen molar-refractivity contribution in [2.75, 3.05) is 0 Å². The molecule has 0 N–H and O–H groups in total. The first kappa shape index (κ1) is 29.7. The van der Waals surface area contributed by atoms with E-state index in [2.05, 4.69) is 184 Å². The van der Waals surface area contributed by atoms with E-state index >= 15 is 0 Å². The average molecular weight is 695 g/mol. The van der Waals surface area contributed by atoms with Gasteiger partial charge in [0.2, 0.25) is 0 Å². The van der Waals surface area contributed by atoms with Crippen molar-refractivity contribution >= 4 is 43.1 Å². The van der Waals surface area contributed by atoms with Crippen LogP contribution in [0.5, 0.6) is 0 Å². The molecule has 0 nitrogen and oxygen atoms in total. The van der Waals surface area contributed by atoms with Crippen molar-refractivity contribution in [2.24, 2.45) is 0 Å². The highest BCUT2D eigenvalue weighted by molar-refractivity contribution is 6.22. The largest absolute Gasteiger partial charge is 0.0616 e. The Kier molecular flexibility index (Phi) is 5.53. The quantitative estimate of drug-likeness (QED) is 0.169. The monoisotopic (exact) mass is 694 g/mol. The van der Waals surface area contributed by atoms with Gasteiger partial charge in [-0.3, -0.25) is 0 Å². The summed E-state index contributed by atoms with van der Waals surface area (Å²) in [6, 6.07) is 64.4. The molecule has 0 bridgehead atoms. The van der Waals surface area contributed by atoms with Crippen LogP contribution in [0.2, 0.25) is 0 Å². The van der Waals surface area contributed by atoms with Crippen LogP contribution >= 0.6 is 0 Å². The lowest BCUT2D eigenvalue weighted by Gasteiger charge is -2.23. The topological polar surface area (TPSA) is 0 Å². The van der Waals surface area contributed by atoms with Crippen molar-refractivity contribution in [2.45, 2.75) is 19.3 Å². The molecule has 3 aliphatic rings. The Labute approximate surface area is 320 Å². The van der Waals surface area contributed by atoms with Gasteiger partial charge in [-0.25, -0.2) is 0 Å². The first-order valence-corrected chi connectivity index (χ1v) is 19.5. The maximum atomic E-state index is 2.53. The standard InChI is InChI=1S/C55H34/c1-55(2)51-29-47-43-25-23-37(35-17-7-13-31-11-3-5-15-33(31)35)39-19-9-21-41(53(39)43)45(47)27-49(51)50-28-46-42-22-10-20-40-38(24-26-44(54(40)42)48(46)30-52(50)55)36-18-8-14-32-12-4-6-16-34(32)36/h3-30H,1-2H3. The van der Waals surface area contributed by atoms with Gasteiger partial charge in [-0.15, -0.1) is 0 Å². The summed E-state index contributed by atoms with van der Waals surface area (Å²) < 4.78 is 0. The summed E-state index contributed by atoms with van der Waals surface area (Å²) in [6.07, 6.45) is 0. The van der Waals surface area contributed by atoms with Gasteiger partial charge in [0.25, 0.3) is 0 Å². The number of rotatable bonds is 2. The number of fused-ring (bicyclic) bond motifs is 11. The Morgan fingerprint density at radius 3 is 1.07 bits per heavy atom. The van der Waals surface area contributed by atoms with Gasteiger partial charge in [0, 0.05) is 5.41 Å². The van der Waals surface area contributed by atoms with Crippen molar-refractivity contribution in [3.8, 4) is 77.9 Å². The van der Waals surface area contributed by atoms with Gasteiger partial charge in [-0.1, -0.05) is 159 Å². The molecule has 0 fully saturated rings.